The fourth-order valence-electron chi connectivity index (χ4n) is 2.28. The smallest absolute Gasteiger partial charge is 0.326 e. The van der Waals surface area contributed by atoms with Crippen molar-refractivity contribution in [2.75, 3.05) is 13.2 Å². The van der Waals surface area contributed by atoms with Crippen LogP contribution < -0.4 is 4.74 Å². The van der Waals surface area contributed by atoms with Crippen LogP contribution in [0.4, 0.5) is 4.39 Å². The number of amides is 1. The number of hydrogen-bond acceptors (Lipinski definition) is 3. The zero-order valence-corrected chi connectivity index (χ0v) is 10.9. The number of carbonyl (C=O) groups excluding carboxylic acids is 1. The van der Waals surface area contributed by atoms with Crippen LogP contribution in [0, 0.1) is 5.82 Å². The lowest BCUT2D eigenvalue weighted by atomic mass is 10.2. The minimum Gasteiger partial charge on any atom is -0.493 e. The van der Waals surface area contributed by atoms with Crippen LogP contribution in [-0.4, -0.2) is 41.1 Å². The first-order valence-electron chi connectivity index (χ1n) is 6.48. The number of carboxylic acids is 1. The van der Waals surface area contributed by atoms with Gasteiger partial charge in [-0.3, -0.25) is 4.79 Å². The van der Waals surface area contributed by atoms with Gasteiger partial charge in [0.2, 0.25) is 5.91 Å². The highest BCUT2D eigenvalue weighted by Gasteiger charge is 2.33. The molecule has 1 heterocycles. The Balaban J connectivity index is 1.82. The van der Waals surface area contributed by atoms with Gasteiger partial charge in [-0.05, 0) is 25.0 Å². The Bertz CT molecular complexity index is 506. The quantitative estimate of drug-likeness (QED) is 0.891. The topological polar surface area (TPSA) is 66.8 Å². The third kappa shape index (κ3) is 3.46. The van der Waals surface area contributed by atoms with Crippen LogP contribution in [0.5, 0.6) is 5.75 Å². The molecule has 1 amide bonds. The predicted octanol–water partition coefficient (Wildman–Crippen LogP) is 1.67. The molecular weight excluding hydrogens is 265 g/mol. The van der Waals surface area contributed by atoms with Crippen molar-refractivity contribution in [3.63, 3.8) is 0 Å². The number of hydrogen-bond donors (Lipinski definition) is 1. The monoisotopic (exact) mass is 281 g/mol. The summed E-state index contributed by atoms with van der Waals surface area (Å²) in [4.78, 5) is 24.3. The van der Waals surface area contributed by atoms with E-state index in [0.717, 1.165) is 0 Å². The van der Waals surface area contributed by atoms with Crippen LogP contribution in [-0.2, 0) is 9.59 Å². The van der Waals surface area contributed by atoms with Gasteiger partial charge in [0.1, 0.15) is 17.6 Å². The lowest BCUT2D eigenvalue weighted by Gasteiger charge is -2.21. The Kier molecular flexibility index (Phi) is 4.55. The Hall–Kier alpha value is -2.11. The highest BCUT2D eigenvalue weighted by atomic mass is 19.1. The molecule has 5 nitrogen and oxygen atoms in total. The molecule has 20 heavy (non-hydrogen) atoms. The Morgan fingerprint density at radius 3 is 2.95 bits per heavy atom. The molecule has 0 aliphatic carbocycles. The number of rotatable bonds is 5. The van der Waals surface area contributed by atoms with Gasteiger partial charge in [-0.15, -0.1) is 0 Å². The van der Waals surface area contributed by atoms with Gasteiger partial charge in [-0.1, -0.05) is 6.07 Å². The van der Waals surface area contributed by atoms with E-state index >= 15 is 0 Å². The second kappa shape index (κ2) is 6.36. The molecule has 1 saturated heterocycles. The highest BCUT2D eigenvalue weighted by molar-refractivity contribution is 5.84. The maximum absolute atomic E-state index is 12.9. The molecule has 0 radical (unpaired) electrons. The largest absolute Gasteiger partial charge is 0.493 e. The minimum atomic E-state index is -0.970. The van der Waals surface area contributed by atoms with E-state index in [4.69, 9.17) is 9.84 Å². The van der Waals surface area contributed by atoms with Gasteiger partial charge in [0.15, 0.2) is 0 Å². The minimum absolute atomic E-state index is 0.0836. The van der Waals surface area contributed by atoms with E-state index in [2.05, 4.69) is 0 Å². The maximum Gasteiger partial charge on any atom is 0.326 e. The Morgan fingerprint density at radius 1 is 1.45 bits per heavy atom. The lowest BCUT2D eigenvalue weighted by molar-refractivity contribution is -0.148. The van der Waals surface area contributed by atoms with E-state index in [1.54, 1.807) is 6.07 Å². The molecule has 0 bridgehead atoms. The summed E-state index contributed by atoms with van der Waals surface area (Å²) in [5, 5.41) is 9.00. The number of ether oxygens (including phenoxy) is 1. The van der Waals surface area contributed by atoms with E-state index in [1.165, 1.54) is 23.1 Å². The van der Waals surface area contributed by atoms with Gasteiger partial charge in [-0.2, -0.15) is 0 Å². The van der Waals surface area contributed by atoms with Crippen LogP contribution in [0.3, 0.4) is 0 Å². The third-order valence-corrected chi connectivity index (χ3v) is 3.24. The summed E-state index contributed by atoms with van der Waals surface area (Å²) in [6.45, 7) is 0.570. The Labute approximate surface area is 116 Å². The molecule has 0 aromatic heterocycles. The molecule has 0 unspecified atom stereocenters. The van der Waals surface area contributed by atoms with E-state index in [-0.39, 0.29) is 18.9 Å². The SMILES string of the molecule is O=C(O)[C@H]1CCCN1C(=O)CCOc1cccc(F)c1. The van der Waals surface area contributed by atoms with Gasteiger partial charge in [0, 0.05) is 12.6 Å². The summed E-state index contributed by atoms with van der Waals surface area (Å²) in [7, 11) is 0. The zero-order valence-electron chi connectivity index (χ0n) is 10.9. The fourth-order valence-corrected chi connectivity index (χ4v) is 2.28. The molecule has 0 spiro atoms. The van der Waals surface area contributed by atoms with Crippen molar-refractivity contribution in [1.29, 1.82) is 0 Å². The molecule has 1 aromatic rings. The molecule has 1 N–H and O–H groups in total. The second-order valence-electron chi connectivity index (χ2n) is 4.64. The molecule has 1 fully saturated rings. The number of likely N-dealkylation sites (tertiary alicyclic amines) is 1. The number of nitrogens with zero attached hydrogens (tertiary/aromatic N) is 1. The number of benzene rings is 1. The average Bonchev–Trinajstić information content (AvgIpc) is 2.88. The van der Waals surface area contributed by atoms with Gasteiger partial charge >= 0.3 is 5.97 Å². The summed E-state index contributed by atoms with van der Waals surface area (Å²) in [6.07, 6.45) is 1.28. The van der Waals surface area contributed by atoms with Crippen molar-refractivity contribution < 1.29 is 23.8 Å². The maximum atomic E-state index is 12.9. The lowest BCUT2D eigenvalue weighted by Crippen LogP contribution is -2.40. The van der Waals surface area contributed by atoms with E-state index in [0.29, 0.717) is 25.1 Å². The van der Waals surface area contributed by atoms with Crippen molar-refractivity contribution in [3.8, 4) is 5.75 Å². The predicted molar refractivity (Wildman–Crippen MR) is 68.9 cm³/mol. The third-order valence-electron chi connectivity index (χ3n) is 3.24. The fraction of sp³-hybridized carbons (Fsp3) is 0.429. The van der Waals surface area contributed by atoms with Crippen LogP contribution in [0.15, 0.2) is 24.3 Å². The average molecular weight is 281 g/mol. The zero-order chi connectivity index (χ0) is 14.5. The highest BCUT2D eigenvalue weighted by Crippen LogP contribution is 2.19. The molecular formula is C14H16FNO4. The normalized spacial score (nSPS) is 18.1. The standard InChI is InChI=1S/C14H16FNO4/c15-10-3-1-4-11(9-10)20-8-6-13(17)16-7-2-5-12(16)14(18)19/h1,3-4,9,12H,2,5-8H2,(H,18,19)/t12-/m1/s1. The molecule has 1 aliphatic rings. The van der Waals surface area contributed by atoms with Gasteiger partial charge < -0.3 is 14.7 Å². The number of carbonyl (C=O) groups is 2. The first kappa shape index (κ1) is 14.3. The molecule has 0 saturated carbocycles. The number of aliphatic carboxylic acids is 1. The van der Waals surface area contributed by atoms with Crippen molar-refractivity contribution >= 4 is 11.9 Å². The summed E-state index contributed by atoms with van der Waals surface area (Å²) in [6, 6.07) is 4.94. The van der Waals surface area contributed by atoms with Crippen LogP contribution in [0.25, 0.3) is 0 Å². The van der Waals surface area contributed by atoms with Gasteiger partial charge in [0.05, 0.1) is 13.0 Å². The van der Waals surface area contributed by atoms with Crippen molar-refractivity contribution in [1.82, 2.24) is 4.90 Å². The van der Waals surface area contributed by atoms with Gasteiger partial charge in [0.25, 0.3) is 0 Å². The second-order valence-corrected chi connectivity index (χ2v) is 4.64. The molecule has 6 heteroatoms. The van der Waals surface area contributed by atoms with Crippen LogP contribution in [0.2, 0.25) is 0 Å². The molecule has 108 valence electrons. The first-order valence-corrected chi connectivity index (χ1v) is 6.48. The van der Waals surface area contributed by atoms with E-state index in [1.807, 2.05) is 0 Å². The summed E-state index contributed by atoms with van der Waals surface area (Å²) in [5.41, 5.74) is 0. The molecule has 1 aromatic carbocycles. The molecule has 1 atom stereocenters. The number of carboxylic acid groups (broad SMARTS) is 1. The van der Waals surface area contributed by atoms with Gasteiger partial charge in [-0.25, -0.2) is 9.18 Å². The summed E-state index contributed by atoms with van der Waals surface area (Å²) < 4.78 is 18.2. The summed E-state index contributed by atoms with van der Waals surface area (Å²) in [5.74, 6) is -1.26. The Morgan fingerprint density at radius 2 is 2.25 bits per heavy atom. The van der Waals surface area contributed by atoms with Crippen LogP contribution >= 0.6 is 0 Å². The van der Waals surface area contributed by atoms with E-state index < -0.39 is 17.8 Å². The van der Waals surface area contributed by atoms with Crippen LogP contribution in [0.1, 0.15) is 19.3 Å². The van der Waals surface area contributed by atoms with E-state index in [9.17, 15) is 14.0 Å². The molecule has 1 aliphatic heterocycles. The molecule has 2 rings (SSSR count). The van der Waals surface area contributed by atoms with Crippen molar-refractivity contribution in [2.24, 2.45) is 0 Å². The number of halogens is 1. The summed E-state index contributed by atoms with van der Waals surface area (Å²) >= 11 is 0. The first-order chi connectivity index (χ1) is 9.58. The van der Waals surface area contributed by atoms with Crippen molar-refractivity contribution in [2.45, 2.75) is 25.3 Å². The van der Waals surface area contributed by atoms with Crippen molar-refractivity contribution in [3.05, 3.63) is 30.1 Å².